The molecule has 0 aromatic heterocycles. The van der Waals surface area contributed by atoms with Crippen LogP contribution in [0.25, 0.3) is 0 Å². The molecule has 0 aliphatic heterocycles. The molecule has 0 bridgehead atoms. The number of benzene rings is 2. The summed E-state index contributed by atoms with van der Waals surface area (Å²) in [4.78, 5) is 22.8. The Morgan fingerprint density at radius 3 is 2.81 bits per heavy atom. The fourth-order valence-corrected chi connectivity index (χ4v) is 2.57. The van der Waals surface area contributed by atoms with E-state index in [4.69, 9.17) is 4.74 Å². The summed E-state index contributed by atoms with van der Waals surface area (Å²) >= 11 is 5.44. The highest BCUT2D eigenvalue weighted by molar-refractivity contribution is 14.1. The van der Waals surface area contributed by atoms with Gasteiger partial charge in [0.1, 0.15) is 5.75 Å². The minimum Gasteiger partial charge on any atom is -0.483 e. The Morgan fingerprint density at radius 1 is 1.29 bits per heavy atom. The molecule has 0 saturated carbocycles. The molecule has 2 aromatic rings. The largest absolute Gasteiger partial charge is 0.483 e. The SMILES string of the molecule is O=Cc1cc(Br)ccc1OCC(=O)Nc1cccc(I)c1. The standard InChI is InChI=1S/C15H11BrINO3/c16-11-4-5-14(10(6-11)8-19)21-9-15(20)18-13-3-1-2-12(17)7-13/h1-8H,9H2,(H,18,20). The first-order valence-corrected chi connectivity index (χ1v) is 7.88. The van der Waals surface area contributed by atoms with E-state index in [1.165, 1.54) is 0 Å². The van der Waals surface area contributed by atoms with E-state index in [1.54, 1.807) is 24.3 Å². The first kappa shape index (κ1) is 16.0. The van der Waals surface area contributed by atoms with Crippen LogP contribution in [0, 0.1) is 3.57 Å². The Bertz CT molecular complexity index is 676. The van der Waals surface area contributed by atoms with Crippen molar-refractivity contribution in [2.45, 2.75) is 0 Å². The molecule has 0 unspecified atom stereocenters. The fraction of sp³-hybridized carbons (Fsp3) is 0.0667. The second-order valence-corrected chi connectivity index (χ2v) is 6.31. The number of carbonyl (C=O) groups excluding carboxylic acids is 2. The lowest BCUT2D eigenvalue weighted by Crippen LogP contribution is -2.20. The monoisotopic (exact) mass is 459 g/mol. The molecule has 21 heavy (non-hydrogen) atoms. The Kier molecular flexibility index (Phi) is 5.75. The van der Waals surface area contributed by atoms with Crippen LogP contribution in [0.2, 0.25) is 0 Å². The number of halogens is 2. The molecular weight excluding hydrogens is 449 g/mol. The van der Waals surface area contributed by atoms with Crippen molar-refractivity contribution in [3.05, 3.63) is 56.1 Å². The minimum atomic E-state index is -0.281. The number of rotatable bonds is 5. The van der Waals surface area contributed by atoms with Crippen LogP contribution < -0.4 is 10.1 Å². The molecule has 2 aromatic carbocycles. The van der Waals surface area contributed by atoms with Gasteiger partial charge >= 0.3 is 0 Å². The molecular formula is C15H11BrINO3. The van der Waals surface area contributed by atoms with Crippen molar-refractivity contribution in [3.63, 3.8) is 0 Å². The second kappa shape index (κ2) is 7.56. The lowest BCUT2D eigenvalue weighted by atomic mass is 10.2. The molecule has 0 heterocycles. The van der Waals surface area contributed by atoms with Crippen molar-refractivity contribution >= 4 is 56.4 Å². The zero-order chi connectivity index (χ0) is 15.2. The van der Waals surface area contributed by atoms with Gasteiger partial charge in [-0.3, -0.25) is 9.59 Å². The van der Waals surface area contributed by atoms with E-state index < -0.39 is 0 Å². The summed E-state index contributed by atoms with van der Waals surface area (Å²) in [6, 6.07) is 12.5. The van der Waals surface area contributed by atoms with Gasteiger partial charge in [-0.25, -0.2) is 0 Å². The van der Waals surface area contributed by atoms with Gasteiger partial charge in [0.15, 0.2) is 12.9 Å². The van der Waals surface area contributed by atoms with Gasteiger partial charge in [-0.15, -0.1) is 0 Å². The number of nitrogens with one attached hydrogen (secondary N) is 1. The van der Waals surface area contributed by atoms with Crippen LogP contribution >= 0.6 is 38.5 Å². The summed E-state index contributed by atoms with van der Waals surface area (Å²) in [6.45, 7) is -0.159. The number of amides is 1. The van der Waals surface area contributed by atoms with Crippen LogP contribution in [0.5, 0.6) is 5.75 Å². The topological polar surface area (TPSA) is 55.4 Å². The third-order valence-electron chi connectivity index (χ3n) is 2.57. The molecule has 0 aliphatic carbocycles. The van der Waals surface area contributed by atoms with Crippen LogP contribution in [-0.4, -0.2) is 18.8 Å². The van der Waals surface area contributed by atoms with Gasteiger partial charge in [0.25, 0.3) is 5.91 Å². The molecule has 0 radical (unpaired) electrons. The van der Waals surface area contributed by atoms with Crippen LogP contribution in [0.1, 0.15) is 10.4 Å². The summed E-state index contributed by atoms with van der Waals surface area (Å²) in [5, 5.41) is 2.74. The average molecular weight is 460 g/mol. The third-order valence-corrected chi connectivity index (χ3v) is 3.73. The van der Waals surface area contributed by atoms with E-state index in [0.717, 1.165) is 8.04 Å². The molecule has 1 amide bonds. The second-order valence-electron chi connectivity index (χ2n) is 4.15. The summed E-state index contributed by atoms with van der Waals surface area (Å²) in [6.07, 6.45) is 0.692. The van der Waals surface area contributed by atoms with E-state index in [9.17, 15) is 9.59 Å². The van der Waals surface area contributed by atoms with E-state index in [-0.39, 0.29) is 12.5 Å². The highest BCUT2D eigenvalue weighted by atomic mass is 127. The molecule has 0 fully saturated rings. The summed E-state index contributed by atoms with van der Waals surface area (Å²) in [7, 11) is 0. The number of hydrogen-bond donors (Lipinski definition) is 1. The maximum atomic E-state index is 11.8. The van der Waals surface area contributed by atoms with Gasteiger partial charge in [0.05, 0.1) is 5.56 Å². The van der Waals surface area contributed by atoms with E-state index in [0.29, 0.717) is 23.3 Å². The molecule has 0 atom stereocenters. The van der Waals surface area contributed by atoms with Crippen molar-refractivity contribution < 1.29 is 14.3 Å². The summed E-state index contributed by atoms with van der Waals surface area (Å²) in [5.74, 6) is 0.0998. The van der Waals surface area contributed by atoms with E-state index in [2.05, 4.69) is 43.8 Å². The van der Waals surface area contributed by atoms with Gasteiger partial charge in [-0.1, -0.05) is 22.0 Å². The van der Waals surface area contributed by atoms with Crippen molar-refractivity contribution in [3.8, 4) is 5.75 Å². The summed E-state index contributed by atoms with van der Waals surface area (Å²) < 4.78 is 7.19. The van der Waals surface area contributed by atoms with Crippen LogP contribution in [0.3, 0.4) is 0 Å². The molecule has 4 nitrogen and oxygen atoms in total. The predicted octanol–water partition coefficient (Wildman–Crippen LogP) is 3.88. The number of anilines is 1. The lowest BCUT2D eigenvalue weighted by molar-refractivity contribution is -0.118. The first-order chi connectivity index (χ1) is 10.1. The van der Waals surface area contributed by atoms with Gasteiger partial charge in [0, 0.05) is 13.7 Å². The highest BCUT2D eigenvalue weighted by Crippen LogP contribution is 2.21. The van der Waals surface area contributed by atoms with Crippen molar-refractivity contribution in [2.24, 2.45) is 0 Å². The van der Waals surface area contributed by atoms with Gasteiger partial charge in [-0.2, -0.15) is 0 Å². The molecule has 0 aliphatic rings. The molecule has 6 heteroatoms. The predicted molar refractivity (Wildman–Crippen MR) is 92.8 cm³/mol. The minimum absolute atomic E-state index is 0.159. The van der Waals surface area contributed by atoms with Gasteiger partial charge in [0.2, 0.25) is 0 Å². The molecule has 0 spiro atoms. The van der Waals surface area contributed by atoms with E-state index >= 15 is 0 Å². The Hall–Kier alpha value is -1.41. The van der Waals surface area contributed by atoms with Crippen LogP contribution in [0.15, 0.2) is 46.9 Å². The first-order valence-electron chi connectivity index (χ1n) is 6.01. The van der Waals surface area contributed by atoms with Crippen molar-refractivity contribution in [2.75, 3.05) is 11.9 Å². The molecule has 0 saturated heterocycles. The normalized spacial score (nSPS) is 10.0. The zero-order valence-corrected chi connectivity index (χ0v) is 14.6. The van der Waals surface area contributed by atoms with Crippen LogP contribution in [0.4, 0.5) is 5.69 Å². The highest BCUT2D eigenvalue weighted by Gasteiger charge is 2.07. The number of carbonyl (C=O) groups is 2. The molecule has 1 N–H and O–H groups in total. The molecule has 2 rings (SSSR count). The summed E-state index contributed by atoms with van der Waals surface area (Å²) in [5.41, 5.74) is 1.10. The van der Waals surface area contributed by atoms with E-state index in [1.807, 2.05) is 18.2 Å². The van der Waals surface area contributed by atoms with Gasteiger partial charge < -0.3 is 10.1 Å². The maximum absolute atomic E-state index is 11.8. The number of hydrogen-bond acceptors (Lipinski definition) is 3. The third kappa shape index (κ3) is 4.82. The Balaban J connectivity index is 1.97. The molecule has 108 valence electrons. The number of ether oxygens (including phenoxy) is 1. The zero-order valence-electron chi connectivity index (χ0n) is 10.8. The Labute approximate surface area is 144 Å². The quantitative estimate of drug-likeness (QED) is 0.545. The average Bonchev–Trinajstić information content (AvgIpc) is 2.45. The van der Waals surface area contributed by atoms with Crippen molar-refractivity contribution in [1.82, 2.24) is 0 Å². The smallest absolute Gasteiger partial charge is 0.262 e. The van der Waals surface area contributed by atoms with Crippen molar-refractivity contribution in [1.29, 1.82) is 0 Å². The Morgan fingerprint density at radius 2 is 2.10 bits per heavy atom. The maximum Gasteiger partial charge on any atom is 0.262 e. The fourth-order valence-electron chi connectivity index (χ4n) is 1.65. The number of aldehydes is 1. The van der Waals surface area contributed by atoms with Crippen LogP contribution in [-0.2, 0) is 4.79 Å². The van der Waals surface area contributed by atoms with Gasteiger partial charge in [-0.05, 0) is 59.0 Å². The lowest BCUT2D eigenvalue weighted by Gasteiger charge is -2.09.